The molecule has 1 aliphatic heterocycles. The summed E-state index contributed by atoms with van der Waals surface area (Å²) in [7, 11) is 0. The average Bonchev–Trinajstić information content (AvgIpc) is 2.48. The molecule has 0 aliphatic carbocycles. The molecule has 2 N–H and O–H groups in total. The lowest BCUT2D eigenvalue weighted by molar-refractivity contribution is 0.182. The van der Waals surface area contributed by atoms with E-state index in [-0.39, 0.29) is 0 Å². The zero-order chi connectivity index (χ0) is 15.9. The fourth-order valence-corrected chi connectivity index (χ4v) is 3.39. The SMILES string of the molecule is C[C@@H]1CCCN(CCCNC(=S)Nc2ccc(Br)c(Cl)c2)C1. The number of benzene rings is 1. The van der Waals surface area contributed by atoms with Crippen molar-refractivity contribution in [2.75, 3.05) is 31.5 Å². The number of hydrogen-bond donors (Lipinski definition) is 2. The van der Waals surface area contributed by atoms with Crippen LogP contribution in [0.5, 0.6) is 0 Å². The molecule has 0 radical (unpaired) electrons. The van der Waals surface area contributed by atoms with E-state index in [9.17, 15) is 0 Å². The number of nitrogens with one attached hydrogen (secondary N) is 2. The first-order chi connectivity index (χ1) is 10.5. The maximum atomic E-state index is 6.07. The number of halogens is 2. The van der Waals surface area contributed by atoms with E-state index in [0.29, 0.717) is 10.1 Å². The minimum Gasteiger partial charge on any atom is -0.362 e. The van der Waals surface area contributed by atoms with Crippen molar-refractivity contribution < 1.29 is 0 Å². The van der Waals surface area contributed by atoms with Crippen molar-refractivity contribution in [3.05, 3.63) is 27.7 Å². The van der Waals surface area contributed by atoms with E-state index in [4.69, 9.17) is 23.8 Å². The summed E-state index contributed by atoms with van der Waals surface area (Å²) >= 11 is 14.8. The van der Waals surface area contributed by atoms with Crippen LogP contribution in [-0.4, -0.2) is 36.2 Å². The summed E-state index contributed by atoms with van der Waals surface area (Å²) in [5.41, 5.74) is 0.899. The first kappa shape index (κ1) is 18.0. The summed E-state index contributed by atoms with van der Waals surface area (Å²) in [6, 6.07) is 5.71. The van der Waals surface area contributed by atoms with Crippen LogP contribution >= 0.6 is 39.7 Å². The van der Waals surface area contributed by atoms with Crippen molar-refractivity contribution in [3.63, 3.8) is 0 Å². The van der Waals surface area contributed by atoms with E-state index < -0.39 is 0 Å². The second-order valence-corrected chi connectivity index (χ2v) is 7.58. The van der Waals surface area contributed by atoms with Crippen molar-refractivity contribution in [2.24, 2.45) is 5.92 Å². The van der Waals surface area contributed by atoms with Crippen LogP contribution in [0.1, 0.15) is 26.2 Å². The van der Waals surface area contributed by atoms with Crippen LogP contribution < -0.4 is 10.6 Å². The third kappa shape index (κ3) is 6.03. The zero-order valence-corrected chi connectivity index (χ0v) is 16.0. The highest BCUT2D eigenvalue weighted by Crippen LogP contribution is 2.25. The smallest absolute Gasteiger partial charge is 0.170 e. The van der Waals surface area contributed by atoms with E-state index in [1.165, 1.54) is 25.9 Å². The average molecular weight is 405 g/mol. The van der Waals surface area contributed by atoms with Crippen molar-refractivity contribution in [3.8, 4) is 0 Å². The van der Waals surface area contributed by atoms with Crippen molar-refractivity contribution in [2.45, 2.75) is 26.2 Å². The number of rotatable bonds is 5. The maximum Gasteiger partial charge on any atom is 0.170 e. The molecule has 22 heavy (non-hydrogen) atoms. The van der Waals surface area contributed by atoms with E-state index in [2.05, 4.69) is 38.4 Å². The van der Waals surface area contributed by atoms with Gasteiger partial charge < -0.3 is 15.5 Å². The van der Waals surface area contributed by atoms with Gasteiger partial charge in [-0.25, -0.2) is 0 Å². The second kappa shape index (κ2) is 9.06. The fraction of sp³-hybridized carbons (Fsp3) is 0.562. The Morgan fingerprint density at radius 3 is 3.05 bits per heavy atom. The first-order valence-corrected chi connectivity index (χ1v) is 9.35. The summed E-state index contributed by atoms with van der Waals surface area (Å²) in [5, 5.41) is 7.73. The number of hydrogen-bond acceptors (Lipinski definition) is 2. The Morgan fingerprint density at radius 1 is 1.50 bits per heavy atom. The van der Waals surface area contributed by atoms with Gasteiger partial charge in [0, 0.05) is 23.2 Å². The molecule has 0 aromatic heterocycles. The van der Waals surface area contributed by atoms with Gasteiger partial charge in [-0.05, 0) is 84.6 Å². The van der Waals surface area contributed by atoms with Gasteiger partial charge in [-0.1, -0.05) is 18.5 Å². The van der Waals surface area contributed by atoms with E-state index in [1.807, 2.05) is 18.2 Å². The Kier molecular flexibility index (Phi) is 7.41. The predicted molar refractivity (Wildman–Crippen MR) is 103 cm³/mol. The molecule has 0 unspecified atom stereocenters. The van der Waals surface area contributed by atoms with Crippen molar-refractivity contribution in [1.29, 1.82) is 0 Å². The number of nitrogens with zero attached hydrogens (tertiary/aromatic N) is 1. The Balaban J connectivity index is 1.64. The molecule has 1 aliphatic rings. The summed E-state index contributed by atoms with van der Waals surface area (Å²) in [6.07, 6.45) is 3.81. The van der Waals surface area contributed by atoms with Crippen LogP contribution in [0.4, 0.5) is 5.69 Å². The first-order valence-electron chi connectivity index (χ1n) is 7.77. The van der Waals surface area contributed by atoms with Crippen LogP contribution in [0, 0.1) is 5.92 Å². The maximum absolute atomic E-state index is 6.07. The third-order valence-corrected chi connectivity index (χ3v) is 5.33. The predicted octanol–water partition coefficient (Wildman–Crippen LogP) is 4.51. The van der Waals surface area contributed by atoms with Crippen molar-refractivity contribution in [1.82, 2.24) is 10.2 Å². The molecule has 0 amide bonds. The molecule has 1 aromatic rings. The van der Waals surface area contributed by atoms with Gasteiger partial charge in [0.2, 0.25) is 0 Å². The number of likely N-dealkylation sites (tertiary alicyclic amines) is 1. The molecule has 0 spiro atoms. The molecule has 1 fully saturated rings. The van der Waals surface area contributed by atoms with E-state index >= 15 is 0 Å². The summed E-state index contributed by atoms with van der Waals surface area (Å²) in [6.45, 7) is 6.85. The monoisotopic (exact) mass is 403 g/mol. The van der Waals surface area contributed by atoms with Gasteiger partial charge in [-0.3, -0.25) is 0 Å². The largest absolute Gasteiger partial charge is 0.362 e. The van der Waals surface area contributed by atoms with Gasteiger partial charge in [0.1, 0.15) is 0 Å². The van der Waals surface area contributed by atoms with Crippen LogP contribution in [0.2, 0.25) is 5.02 Å². The molecule has 1 saturated heterocycles. The minimum atomic E-state index is 0.644. The Hall–Kier alpha value is -0.360. The molecular weight excluding hydrogens is 382 g/mol. The molecule has 2 rings (SSSR count). The summed E-state index contributed by atoms with van der Waals surface area (Å²) in [4.78, 5) is 2.56. The Labute approximate surface area is 151 Å². The molecule has 1 aromatic carbocycles. The van der Waals surface area contributed by atoms with Crippen LogP contribution in [-0.2, 0) is 0 Å². The van der Waals surface area contributed by atoms with Gasteiger partial charge in [0.15, 0.2) is 5.11 Å². The lowest BCUT2D eigenvalue weighted by atomic mass is 10.0. The van der Waals surface area contributed by atoms with Gasteiger partial charge in [0.25, 0.3) is 0 Å². The minimum absolute atomic E-state index is 0.644. The highest BCUT2D eigenvalue weighted by Gasteiger charge is 2.15. The number of anilines is 1. The molecule has 1 atom stereocenters. The molecule has 1 heterocycles. The molecule has 0 bridgehead atoms. The van der Waals surface area contributed by atoms with Gasteiger partial charge >= 0.3 is 0 Å². The molecule has 0 saturated carbocycles. The van der Waals surface area contributed by atoms with E-state index in [1.54, 1.807) is 0 Å². The number of thiocarbonyl (C=S) groups is 1. The topological polar surface area (TPSA) is 27.3 Å². The summed E-state index contributed by atoms with van der Waals surface area (Å²) < 4.78 is 0.884. The quantitative estimate of drug-likeness (QED) is 0.558. The van der Waals surface area contributed by atoms with Crippen LogP contribution in [0.15, 0.2) is 22.7 Å². The number of piperidine rings is 1. The van der Waals surface area contributed by atoms with Crippen LogP contribution in [0.3, 0.4) is 0 Å². The lowest BCUT2D eigenvalue weighted by Crippen LogP contribution is -2.37. The third-order valence-electron chi connectivity index (χ3n) is 3.86. The van der Waals surface area contributed by atoms with Gasteiger partial charge in [0.05, 0.1) is 5.02 Å². The Bertz CT molecular complexity index is 512. The molecule has 122 valence electrons. The molecule has 6 heteroatoms. The highest BCUT2D eigenvalue weighted by molar-refractivity contribution is 9.10. The van der Waals surface area contributed by atoms with Crippen molar-refractivity contribution >= 4 is 50.5 Å². The van der Waals surface area contributed by atoms with Gasteiger partial charge in [-0.15, -0.1) is 0 Å². The highest BCUT2D eigenvalue weighted by atomic mass is 79.9. The lowest BCUT2D eigenvalue weighted by Gasteiger charge is -2.30. The zero-order valence-electron chi connectivity index (χ0n) is 12.9. The van der Waals surface area contributed by atoms with Gasteiger partial charge in [-0.2, -0.15) is 0 Å². The standard InChI is InChI=1S/C16H23BrClN3S/c1-12-4-2-8-21(11-12)9-3-7-19-16(22)20-13-5-6-14(17)15(18)10-13/h5-6,10,12H,2-4,7-9,11H2,1H3,(H2,19,20,22)/t12-/m1/s1. The molecule has 3 nitrogen and oxygen atoms in total. The summed E-state index contributed by atoms with van der Waals surface area (Å²) in [5.74, 6) is 0.839. The Morgan fingerprint density at radius 2 is 2.32 bits per heavy atom. The normalized spacial score (nSPS) is 19.0. The van der Waals surface area contributed by atoms with Crippen LogP contribution in [0.25, 0.3) is 0 Å². The molecular formula is C16H23BrClN3S. The second-order valence-electron chi connectivity index (χ2n) is 5.91. The fourth-order valence-electron chi connectivity index (χ4n) is 2.74. The van der Waals surface area contributed by atoms with E-state index in [0.717, 1.165) is 35.6 Å².